The van der Waals surface area contributed by atoms with Crippen LogP contribution >= 0.6 is 11.8 Å². The maximum absolute atomic E-state index is 9.32. The largest absolute Gasteiger partial charge is 0.508 e. The van der Waals surface area contributed by atoms with Crippen molar-refractivity contribution >= 4 is 22.5 Å². The highest BCUT2D eigenvalue weighted by atomic mass is 32.2. The standard InChI is InChI=1S/C16H13NO2S/c1-19-15-4-2-3-14-13(15)9-10-17-16(14)20-12-7-5-11(18)6-8-12/h2-10,18H,1H3. The first kappa shape index (κ1) is 12.8. The molecule has 0 atom stereocenters. The van der Waals surface area contributed by atoms with E-state index in [4.69, 9.17) is 4.74 Å². The molecule has 0 amide bonds. The zero-order valence-corrected chi connectivity index (χ0v) is 11.7. The highest BCUT2D eigenvalue weighted by Crippen LogP contribution is 2.35. The van der Waals surface area contributed by atoms with Crippen molar-refractivity contribution in [1.82, 2.24) is 4.98 Å². The van der Waals surface area contributed by atoms with Gasteiger partial charge in [-0.15, -0.1) is 0 Å². The van der Waals surface area contributed by atoms with Gasteiger partial charge in [0.25, 0.3) is 0 Å². The first-order chi connectivity index (χ1) is 9.78. The first-order valence-electron chi connectivity index (χ1n) is 6.16. The van der Waals surface area contributed by atoms with Gasteiger partial charge in [0.2, 0.25) is 0 Å². The number of phenolic OH excluding ortho intramolecular Hbond substituents is 1. The molecule has 0 unspecified atom stereocenters. The van der Waals surface area contributed by atoms with E-state index in [0.29, 0.717) is 0 Å². The molecule has 4 heteroatoms. The number of nitrogens with zero attached hydrogens (tertiary/aromatic N) is 1. The molecule has 1 aromatic heterocycles. The van der Waals surface area contributed by atoms with Gasteiger partial charge < -0.3 is 9.84 Å². The van der Waals surface area contributed by atoms with Crippen molar-refractivity contribution in [3.8, 4) is 11.5 Å². The topological polar surface area (TPSA) is 42.4 Å². The van der Waals surface area contributed by atoms with Crippen molar-refractivity contribution in [3.05, 3.63) is 54.7 Å². The number of benzene rings is 2. The van der Waals surface area contributed by atoms with Crippen molar-refractivity contribution in [2.75, 3.05) is 7.11 Å². The van der Waals surface area contributed by atoms with Gasteiger partial charge in [0, 0.05) is 21.9 Å². The lowest BCUT2D eigenvalue weighted by molar-refractivity contribution is 0.419. The highest BCUT2D eigenvalue weighted by molar-refractivity contribution is 7.99. The van der Waals surface area contributed by atoms with E-state index in [1.165, 1.54) is 0 Å². The van der Waals surface area contributed by atoms with Crippen LogP contribution in [0.3, 0.4) is 0 Å². The third-order valence-corrected chi connectivity index (χ3v) is 4.03. The van der Waals surface area contributed by atoms with Crippen molar-refractivity contribution < 1.29 is 9.84 Å². The van der Waals surface area contributed by atoms with Gasteiger partial charge in [-0.2, -0.15) is 0 Å². The number of hydrogen-bond donors (Lipinski definition) is 1. The molecule has 1 N–H and O–H groups in total. The van der Waals surface area contributed by atoms with Crippen LogP contribution in [0, 0.1) is 0 Å². The molecule has 0 aliphatic rings. The maximum atomic E-state index is 9.32. The number of aromatic hydroxyl groups is 1. The van der Waals surface area contributed by atoms with Crippen LogP contribution in [0.2, 0.25) is 0 Å². The Hall–Kier alpha value is -2.20. The number of pyridine rings is 1. The second-order valence-electron chi connectivity index (χ2n) is 4.27. The minimum atomic E-state index is 0.266. The summed E-state index contributed by atoms with van der Waals surface area (Å²) < 4.78 is 5.38. The molecule has 3 nitrogen and oxygen atoms in total. The minimum Gasteiger partial charge on any atom is -0.508 e. The van der Waals surface area contributed by atoms with E-state index in [1.807, 2.05) is 36.4 Å². The Kier molecular flexibility index (Phi) is 3.48. The molecule has 0 saturated carbocycles. The van der Waals surface area contributed by atoms with Crippen LogP contribution in [0.15, 0.2) is 64.6 Å². The molecule has 0 bridgehead atoms. The number of methoxy groups -OCH3 is 1. The van der Waals surface area contributed by atoms with Gasteiger partial charge in [-0.3, -0.25) is 0 Å². The highest BCUT2D eigenvalue weighted by Gasteiger charge is 2.07. The average Bonchev–Trinajstić information content (AvgIpc) is 2.49. The average molecular weight is 283 g/mol. The van der Waals surface area contributed by atoms with Gasteiger partial charge in [0.05, 0.1) is 7.11 Å². The molecule has 1 heterocycles. The lowest BCUT2D eigenvalue weighted by Gasteiger charge is -2.08. The molecular formula is C16H13NO2S. The quantitative estimate of drug-likeness (QED) is 0.786. The smallest absolute Gasteiger partial charge is 0.126 e. The second kappa shape index (κ2) is 5.43. The fourth-order valence-corrected chi connectivity index (χ4v) is 2.93. The molecule has 0 fully saturated rings. The molecule has 0 aliphatic carbocycles. The van der Waals surface area contributed by atoms with Gasteiger partial charge in [0.1, 0.15) is 16.5 Å². The van der Waals surface area contributed by atoms with Crippen molar-refractivity contribution in [2.45, 2.75) is 9.92 Å². The first-order valence-corrected chi connectivity index (χ1v) is 6.98. The number of rotatable bonds is 3. The predicted molar refractivity (Wildman–Crippen MR) is 80.5 cm³/mol. The van der Waals surface area contributed by atoms with Crippen LogP contribution in [0.25, 0.3) is 10.8 Å². The van der Waals surface area contributed by atoms with Crippen LogP contribution in [-0.2, 0) is 0 Å². The summed E-state index contributed by atoms with van der Waals surface area (Å²) in [6.07, 6.45) is 1.79. The summed E-state index contributed by atoms with van der Waals surface area (Å²) in [5.41, 5.74) is 0. The predicted octanol–water partition coefficient (Wildman–Crippen LogP) is 4.10. The Bertz CT molecular complexity index is 741. The van der Waals surface area contributed by atoms with Gasteiger partial charge in [-0.05, 0) is 36.4 Å². The monoisotopic (exact) mass is 283 g/mol. The lowest BCUT2D eigenvalue weighted by Crippen LogP contribution is -1.88. The Morgan fingerprint density at radius 3 is 2.55 bits per heavy atom. The van der Waals surface area contributed by atoms with E-state index in [2.05, 4.69) is 4.98 Å². The Labute approximate surface area is 121 Å². The zero-order valence-electron chi connectivity index (χ0n) is 10.9. The summed E-state index contributed by atoms with van der Waals surface area (Å²) in [6, 6.07) is 15.0. The fourth-order valence-electron chi connectivity index (χ4n) is 2.04. The molecular weight excluding hydrogens is 270 g/mol. The molecule has 0 spiro atoms. The minimum absolute atomic E-state index is 0.266. The van der Waals surface area contributed by atoms with Crippen molar-refractivity contribution in [2.24, 2.45) is 0 Å². The van der Waals surface area contributed by atoms with Crippen LogP contribution in [0.4, 0.5) is 0 Å². The second-order valence-corrected chi connectivity index (χ2v) is 5.33. The molecule has 20 heavy (non-hydrogen) atoms. The van der Waals surface area contributed by atoms with E-state index in [9.17, 15) is 5.11 Å². The van der Waals surface area contributed by atoms with E-state index in [0.717, 1.165) is 26.4 Å². The van der Waals surface area contributed by atoms with E-state index >= 15 is 0 Å². The fraction of sp³-hybridized carbons (Fsp3) is 0.0625. The van der Waals surface area contributed by atoms with Crippen LogP contribution in [0.5, 0.6) is 11.5 Å². The van der Waals surface area contributed by atoms with Gasteiger partial charge in [-0.1, -0.05) is 23.9 Å². The van der Waals surface area contributed by atoms with Gasteiger partial charge in [-0.25, -0.2) is 4.98 Å². The van der Waals surface area contributed by atoms with E-state index in [-0.39, 0.29) is 5.75 Å². The summed E-state index contributed by atoms with van der Waals surface area (Å²) in [5.74, 6) is 1.11. The zero-order chi connectivity index (χ0) is 13.9. The van der Waals surface area contributed by atoms with E-state index in [1.54, 1.807) is 37.2 Å². The summed E-state index contributed by atoms with van der Waals surface area (Å²) in [4.78, 5) is 5.48. The summed E-state index contributed by atoms with van der Waals surface area (Å²) in [7, 11) is 1.67. The Morgan fingerprint density at radius 2 is 1.80 bits per heavy atom. The number of ether oxygens (including phenoxy) is 1. The maximum Gasteiger partial charge on any atom is 0.126 e. The molecule has 3 rings (SSSR count). The molecule has 3 aromatic rings. The Balaban J connectivity index is 2.05. The summed E-state index contributed by atoms with van der Waals surface area (Å²) in [5, 5.41) is 12.4. The van der Waals surface area contributed by atoms with E-state index < -0.39 is 0 Å². The number of fused-ring (bicyclic) bond motifs is 1. The molecule has 2 aromatic carbocycles. The Morgan fingerprint density at radius 1 is 1.00 bits per heavy atom. The van der Waals surface area contributed by atoms with Gasteiger partial charge >= 0.3 is 0 Å². The molecule has 100 valence electrons. The normalized spacial score (nSPS) is 10.7. The molecule has 0 radical (unpaired) electrons. The third kappa shape index (κ3) is 2.42. The lowest BCUT2D eigenvalue weighted by atomic mass is 10.1. The SMILES string of the molecule is COc1cccc2c(Sc3ccc(O)cc3)nccc12. The number of phenols is 1. The van der Waals surface area contributed by atoms with Gasteiger partial charge in [0.15, 0.2) is 0 Å². The number of hydrogen-bond acceptors (Lipinski definition) is 4. The molecule has 0 saturated heterocycles. The van der Waals surface area contributed by atoms with Crippen molar-refractivity contribution in [1.29, 1.82) is 0 Å². The van der Waals surface area contributed by atoms with Crippen LogP contribution < -0.4 is 4.74 Å². The van der Waals surface area contributed by atoms with Crippen LogP contribution in [0.1, 0.15) is 0 Å². The van der Waals surface area contributed by atoms with Crippen molar-refractivity contribution in [3.63, 3.8) is 0 Å². The number of aromatic nitrogens is 1. The summed E-state index contributed by atoms with van der Waals surface area (Å²) in [6.45, 7) is 0. The molecule has 0 aliphatic heterocycles. The van der Waals surface area contributed by atoms with Crippen LogP contribution in [-0.4, -0.2) is 17.2 Å². The summed E-state index contributed by atoms with van der Waals surface area (Å²) >= 11 is 1.57. The third-order valence-electron chi connectivity index (χ3n) is 3.00.